The average Bonchev–Trinajstić information content (AvgIpc) is 3.01. The number of benzene rings is 2. The SMILES string of the molecule is CNC(=O)CCN1c2ccccc2N2CCc3cccc(c32)C1C. The van der Waals surface area contributed by atoms with E-state index in [0.717, 1.165) is 19.5 Å². The highest BCUT2D eigenvalue weighted by Crippen LogP contribution is 2.48. The molecule has 24 heavy (non-hydrogen) atoms. The number of nitrogens with one attached hydrogen (secondary N) is 1. The molecule has 4 rings (SSSR count). The van der Waals surface area contributed by atoms with E-state index in [-0.39, 0.29) is 11.9 Å². The van der Waals surface area contributed by atoms with Crippen molar-refractivity contribution in [2.75, 3.05) is 29.9 Å². The third-order valence-corrected chi connectivity index (χ3v) is 5.28. The van der Waals surface area contributed by atoms with Crippen LogP contribution in [0.5, 0.6) is 0 Å². The molecule has 1 N–H and O–H groups in total. The van der Waals surface area contributed by atoms with Crippen LogP contribution in [0.1, 0.15) is 30.5 Å². The van der Waals surface area contributed by atoms with Gasteiger partial charge in [-0.1, -0.05) is 30.3 Å². The Kier molecular flexibility index (Phi) is 3.68. The maximum Gasteiger partial charge on any atom is 0.221 e. The predicted molar refractivity (Wildman–Crippen MR) is 98.0 cm³/mol. The standard InChI is InChI=1S/C20H23N3O/c1-14-16-7-5-6-15-10-12-23(20(15)16)18-9-4-3-8-17(18)22(14)13-11-19(24)21-2/h3-9,14H,10-13H2,1-2H3,(H,21,24). The van der Waals surface area contributed by atoms with E-state index in [1.54, 1.807) is 7.05 Å². The molecule has 0 spiro atoms. The second-order valence-electron chi connectivity index (χ2n) is 6.54. The van der Waals surface area contributed by atoms with Gasteiger partial charge in [-0.3, -0.25) is 4.79 Å². The first-order valence-corrected chi connectivity index (χ1v) is 8.66. The Morgan fingerprint density at radius 3 is 2.75 bits per heavy atom. The molecule has 2 aliphatic heterocycles. The lowest BCUT2D eigenvalue weighted by atomic mass is 10.0. The van der Waals surface area contributed by atoms with Crippen molar-refractivity contribution in [3.63, 3.8) is 0 Å². The molecule has 0 bridgehead atoms. The van der Waals surface area contributed by atoms with Crippen molar-refractivity contribution in [3.05, 3.63) is 53.6 Å². The molecule has 2 aromatic carbocycles. The van der Waals surface area contributed by atoms with E-state index in [4.69, 9.17) is 0 Å². The zero-order valence-electron chi connectivity index (χ0n) is 14.2. The Bertz CT molecular complexity index is 786. The van der Waals surface area contributed by atoms with Gasteiger partial charge in [-0.05, 0) is 36.6 Å². The minimum atomic E-state index is 0.0850. The lowest BCUT2D eigenvalue weighted by Gasteiger charge is -2.31. The molecular formula is C20H23N3O. The fourth-order valence-corrected chi connectivity index (χ4v) is 4.04. The van der Waals surface area contributed by atoms with E-state index in [1.807, 2.05) is 0 Å². The van der Waals surface area contributed by atoms with E-state index < -0.39 is 0 Å². The van der Waals surface area contributed by atoms with Crippen LogP contribution in [0.2, 0.25) is 0 Å². The Morgan fingerprint density at radius 2 is 1.96 bits per heavy atom. The number of amides is 1. The molecule has 2 aliphatic rings. The zero-order valence-corrected chi connectivity index (χ0v) is 14.2. The first-order chi connectivity index (χ1) is 11.7. The lowest BCUT2D eigenvalue weighted by molar-refractivity contribution is -0.120. The minimum absolute atomic E-state index is 0.0850. The topological polar surface area (TPSA) is 35.6 Å². The summed E-state index contributed by atoms with van der Waals surface area (Å²) in [4.78, 5) is 16.6. The third-order valence-electron chi connectivity index (χ3n) is 5.28. The number of carbonyl (C=O) groups excluding carboxylic acids is 1. The van der Waals surface area contributed by atoms with Crippen molar-refractivity contribution in [3.8, 4) is 0 Å². The number of carbonyl (C=O) groups is 1. The van der Waals surface area contributed by atoms with E-state index in [1.165, 1.54) is 28.2 Å². The molecule has 0 saturated carbocycles. The third kappa shape index (κ3) is 2.25. The van der Waals surface area contributed by atoms with Gasteiger partial charge in [-0.25, -0.2) is 0 Å². The molecule has 2 aromatic rings. The molecule has 0 saturated heterocycles. The van der Waals surface area contributed by atoms with Crippen LogP contribution in [0.25, 0.3) is 0 Å². The van der Waals surface area contributed by atoms with Crippen molar-refractivity contribution >= 4 is 23.0 Å². The molecule has 4 heteroatoms. The second kappa shape index (κ2) is 5.86. The van der Waals surface area contributed by atoms with E-state index in [2.05, 4.69) is 64.5 Å². The van der Waals surface area contributed by atoms with E-state index >= 15 is 0 Å². The number of nitrogens with zero attached hydrogens (tertiary/aromatic N) is 2. The van der Waals surface area contributed by atoms with Crippen molar-refractivity contribution in [1.82, 2.24) is 5.32 Å². The van der Waals surface area contributed by atoms with Crippen molar-refractivity contribution in [1.29, 1.82) is 0 Å². The summed E-state index contributed by atoms with van der Waals surface area (Å²) in [5.74, 6) is 0.0850. The number of rotatable bonds is 3. The Morgan fingerprint density at radius 1 is 1.17 bits per heavy atom. The summed E-state index contributed by atoms with van der Waals surface area (Å²) in [7, 11) is 1.70. The second-order valence-corrected chi connectivity index (χ2v) is 6.54. The Balaban J connectivity index is 1.83. The van der Waals surface area contributed by atoms with Crippen molar-refractivity contribution in [2.24, 2.45) is 0 Å². The summed E-state index contributed by atoms with van der Waals surface area (Å²) in [6.45, 7) is 3.99. The number of anilines is 3. The Labute approximate surface area is 143 Å². The summed E-state index contributed by atoms with van der Waals surface area (Å²) >= 11 is 0. The van der Waals surface area contributed by atoms with Crippen LogP contribution >= 0.6 is 0 Å². The van der Waals surface area contributed by atoms with Crippen molar-refractivity contribution < 1.29 is 4.79 Å². The fraction of sp³-hybridized carbons (Fsp3) is 0.350. The monoisotopic (exact) mass is 321 g/mol. The van der Waals surface area contributed by atoms with Gasteiger partial charge in [-0.2, -0.15) is 0 Å². The summed E-state index contributed by atoms with van der Waals surface area (Å²) in [5.41, 5.74) is 6.64. The summed E-state index contributed by atoms with van der Waals surface area (Å²) in [6, 6.07) is 15.5. The van der Waals surface area contributed by atoms with Crippen LogP contribution in [0.15, 0.2) is 42.5 Å². The molecule has 1 amide bonds. The van der Waals surface area contributed by atoms with E-state index in [0.29, 0.717) is 6.42 Å². The van der Waals surface area contributed by atoms with Crippen LogP contribution in [0.4, 0.5) is 17.1 Å². The maximum atomic E-state index is 11.8. The van der Waals surface area contributed by atoms with Gasteiger partial charge in [0.15, 0.2) is 0 Å². The summed E-state index contributed by atoms with van der Waals surface area (Å²) < 4.78 is 0. The number of hydrogen-bond acceptors (Lipinski definition) is 3. The van der Waals surface area contributed by atoms with Gasteiger partial charge >= 0.3 is 0 Å². The molecule has 0 fully saturated rings. The quantitative estimate of drug-likeness (QED) is 0.941. The summed E-state index contributed by atoms with van der Waals surface area (Å²) in [6.07, 6.45) is 1.60. The highest BCUT2D eigenvalue weighted by Gasteiger charge is 2.33. The van der Waals surface area contributed by atoms with Crippen LogP contribution in [-0.4, -0.2) is 26.0 Å². The first kappa shape index (κ1) is 15.1. The van der Waals surface area contributed by atoms with Crippen LogP contribution < -0.4 is 15.1 Å². The molecule has 0 aromatic heterocycles. The van der Waals surface area contributed by atoms with Gasteiger partial charge in [0.2, 0.25) is 5.91 Å². The number of hydrogen-bond donors (Lipinski definition) is 1. The Hall–Kier alpha value is -2.49. The average molecular weight is 321 g/mol. The van der Waals surface area contributed by atoms with Crippen LogP contribution in [-0.2, 0) is 11.2 Å². The molecule has 0 radical (unpaired) electrons. The normalized spacial score (nSPS) is 18.0. The maximum absolute atomic E-state index is 11.8. The van der Waals surface area contributed by atoms with E-state index in [9.17, 15) is 4.79 Å². The largest absolute Gasteiger partial charge is 0.362 e. The van der Waals surface area contributed by atoms with Gasteiger partial charge in [-0.15, -0.1) is 0 Å². The highest BCUT2D eigenvalue weighted by molar-refractivity contribution is 5.85. The number of fused-ring (bicyclic) bond motifs is 2. The van der Waals surface area contributed by atoms with Crippen molar-refractivity contribution in [2.45, 2.75) is 25.8 Å². The van der Waals surface area contributed by atoms with Gasteiger partial charge in [0.1, 0.15) is 0 Å². The molecule has 0 aliphatic carbocycles. The molecule has 1 unspecified atom stereocenters. The first-order valence-electron chi connectivity index (χ1n) is 8.66. The molecule has 4 nitrogen and oxygen atoms in total. The van der Waals surface area contributed by atoms with Gasteiger partial charge in [0, 0.05) is 32.2 Å². The van der Waals surface area contributed by atoms with Crippen LogP contribution in [0, 0.1) is 0 Å². The number of para-hydroxylation sites is 3. The predicted octanol–water partition coefficient (Wildman–Crippen LogP) is 3.40. The van der Waals surface area contributed by atoms with Gasteiger partial charge < -0.3 is 15.1 Å². The lowest BCUT2D eigenvalue weighted by Crippen LogP contribution is -2.31. The van der Waals surface area contributed by atoms with Gasteiger partial charge in [0.05, 0.1) is 17.4 Å². The zero-order chi connectivity index (χ0) is 16.7. The minimum Gasteiger partial charge on any atom is -0.362 e. The smallest absolute Gasteiger partial charge is 0.221 e. The molecule has 124 valence electrons. The molecule has 2 heterocycles. The van der Waals surface area contributed by atoms with Crippen LogP contribution in [0.3, 0.4) is 0 Å². The van der Waals surface area contributed by atoms with Gasteiger partial charge in [0.25, 0.3) is 0 Å². The highest BCUT2D eigenvalue weighted by atomic mass is 16.1. The molecule has 1 atom stereocenters. The molecular weight excluding hydrogens is 298 g/mol. The summed E-state index contributed by atoms with van der Waals surface area (Å²) in [5, 5.41) is 2.73. The fourth-order valence-electron chi connectivity index (χ4n) is 4.04.